The highest BCUT2D eigenvalue weighted by Crippen LogP contribution is 2.18. The smallest absolute Gasteiger partial charge is 0.278 e. The van der Waals surface area contributed by atoms with Gasteiger partial charge >= 0.3 is 0 Å². The van der Waals surface area contributed by atoms with Gasteiger partial charge in [0.15, 0.2) is 6.04 Å². The van der Waals surface area contributed by atoms with E-state index in [0.29, 0.717) is 24.5 Å². The van der Waals surface area contributed by atoms with Crippen LogP contribution in [0.2, 0.25) is 0 Å². The van der Waals surface area contributed by atoms with Gasteiger partial charge < -0.3 is 10.6 Å². The second-order valence-electron chi connectivity index (χ2n) is 7.13. The van der Waals surface area contributed by atoms with Crippen LogP contribution < -0.4 is 10.6 Å². The van der Waals surface area contributed by atoms with Gasteiger partial charge in [-0.1, -0.05) is 56.3 Å². The average molecular weight is 419 g/mol. The topological polar surface area (TPSA) is 83.1 Å². The van der Waals surface area contributed by atoms with Crippen molar-refractivity contribution in [3.05, 3.63) is 65.7 Å². The molecule has 2 aromatic carbocycles. The quantitative estimate of drug-likeness (QED) is 0.619. The SMILES string of the molecule is CCN(CC)S(=O)(=O)c1ccc([C@@H](C)[NH2+][C@H](C)C(=O)NCc2ccccc2)cc1. The van der Waals surface area contributed by atoms with Gasteiger partial charge in [0.25, 0.3) is 5.91 Å². The number of carbonyl (C=O) groups excluding carboxylic acids is 1. The third kappa shape index (κ3) is 6.13. The van der Waals surface area contributed by atoms with Gasteiger partial charge in [-0.3, -0.25) is 4.79 Å². The minimum absolute atomic E-state index is 0.0256. The fourth-order valence-electron chi connectivity index (χ4n) is 3.23. The van der Waals surface area contributed by atoms with Gasteiger partial charge in [-0.2, -0.15) is 4.31 Å². The first-order chi connectivity index (χ1) is 13.8. The molecule has 7 heteroatoms. The Hall–Kier alpha value is -2.22. The van der Waals surface area contributed by atoms with E-state index in [2.05, 4.69) is 5.32 Å². The molecule has 3 N–H and O–H groups in total. The zero-order chi connectivity index (χ0) is 21.4. The van der Waals surface area contributed by atoms with Crippen LogP contribution in [0.1, 0.15) is 44.9 Å². The molecule has 0 heterocycles. The van der Waals surface area contributed by atoms with Crippen molar-refractivity contribution in [3.8, 4) is 0 Å². The molecule has 0 saturated carbocycles. The Bertz CT molecular complexity index is 879. The zero-order valence-corrected chi connectivity index (χ0v) is 18.4. The van der Waals surface area contributed by atoms with E-state index in [1.807, 2.05) is 75.5 Å². The number of rotatable bonds is 10. The number of sulfonamides is 1. The molecular weight excluding hydrogens is 386 g/mol. The Morgan fingerprint density at radius 3 is 2.14 bits per heavy atom. The maximum Gasteiger partial charge on any atom is 0.278 e. The lowest BCUT2D eigenvalue weighted by atomic mass is 10.1. The number of amides is 1. The summed E-state index contributed by atoms with van der Waals surface area (Å²) < 4.78 is 26.6. The molecule has 0 aromatic heterocycles. The largest absolute Gasteiger partial charge is 0.347 e. The number of quaternary nitrogens is 1. The molecule has 1 amide bonds. The van der Waals surface area contributed by atoms with E-state index in [-0.39, 0.29) is 18.0 Å². The van der Waals surface area contributed by atoms with Crippen molar-refractivity contribution >= 4 is 15.9 Å². The molecule has 6 nitrogen and oxygen atoms in total. The Kier molecular flexibility index (Phi) is 8.37. The normalized spacial score (nSPS) is 13.8. The van der Waals surface area contributed by atoms with Crippen molar-refractivity contribution in [2.45, 2.75) is 51.2 Å². The molecule has 0 unspecified atom stereocenters. The summed E-state index contributed by atoms with van der Waals surface area (Å²) in [6.07, 6.45) is 0. The Morgan fingerprint density at radius 1 is 1.00 bits per heavy atom. The van der Waals surface area contributed by atoms with Crippen molar-refractivity contribution in [2.24, 2.45) is 0 Å². The third-order valence-corrected chi connectivity index (χ3v) is 7.11. The summed E-state index contributed by atoms with van der Waals surface area (Å²) >= 11 is 0. The van der Waals surface area contributed by atoms with Crippen molar-refractivity contribution < 1.29 is 18.5 Å². The zero-order valence-electron chi connectivity index (χ0n) is 17.6. The Morgan fingerprint density at radius 2 is 1.59 bits per heavy atom. The number of carbonyl (C=O) groups is 1. The number of nitrogens with zero attached hydrogens (tertiary/aromatic N) is 1. The van der Waals surface area contributed by atoms with Crippen LogP contribution in [-0.4, -0.2) is 37.8 Å². The van der Waals surface area contributed by atoms with Gasteiger partial charge in [-0.05, 0) is 31.5 Å². The van der Waals surface area contributed by atoms with Crippen LogP contribution >= 0.6 is 0 Å². The number of benzene rings is 2. The summed E-state index contributed by atoms with van der Waals surface area (Å²) in [5, 5.41) is 4.94. The van der Waals surface area contributed by atoms with E-state index in [4.69, 9.17) is 0 Å². The Balaban J connectivity index is 1.96. The molecule has 2 aromatic rings. The lowest BCUT2D eigenvalue weighted by Gasteiger charge is -2.19. The molecule has 2 atom stereocenters. The number of hydrogen-bond donors (Lipinski definition) is 2. The van der Waals surface area contributed by atoms with E-state index in [9.17, 15) is 13.2 Å². The highest BCUT2D eigenvalue weighted by molar-refractivity contribution is 7.89. The number of nitrogens with one attached hydrogen (secondary N) is 1. The monoisotopic (exact) mass is 418 g/mol. The van der Waals surface area contributed by atoms with Crippen LogP contribution in [0.25, 0.3) is 0 Å². The van der Waals surface area contributed by atoms with E-state index < -0.39 is 10.0 Å². The minimum atomic E-state index is -3.45. The van der Waals surface area contributed by atoms with Gasteiger partial charge in [0.2, 0.25) is 10.0 Å². The first-order valence-corrected chi connectivity index (χ1v) is 11.5. The fourth-order valence-corrected chi connectivity index (χ4v) is 4.69. The molecule has 0 saturated heterocycles. The van der Waals surface area contributed by atoms with Crippen LogP contribution in [0.3, 0.4) is 0 Å². The summed E-state index contributed by atoms with van der Waals surface area (Å²) in [5.41, 5.74) is 2.04. The molecule has 0 radical (unpaired) electrons. The third-order valence-electron chi connectivity index (χ3n) is 5.05. The summed E-state index contributed by atoms with van der Waals surface area (Å²) in [4.78, 5) is 12.7. The van der Waals surface area contributed by atoms with Crippen molar-refractivity contribution in [1.82, 2.24) is 9.62 Å². The molecular formula is C22H32N3O3S+. The first kappa shape index (κ1) is 23.1. The highest BCUT2D eigenvalue weighted by atomic mass is 32.2. The van der Waals surface area contributed by atoms with Crippen LogP contribution in [0.15, 0.2) is 59.5 Å². The molecule has 0 aliphatic rings. The maximum absolute atomic E-state index is 12.6. The highest BCUT2D eigenvalue weighted by Gasteiger charge is 2.23. The molecule has 0 spiro atoms. The molecule has 158 valence electrons. The second kappa shape index (κ2) is 10.5. The average Bonchev–Trinajstić information content (AvgIpc) is 2.73. The van der Waals surface area contributed by atoms with Crippen LogP contribution in [0.4, 0.5) is 0 Å². The lowest BCUT2D eigenvalue weighted by Crippen LogP contribution is -2.92. The van der Waals surface area contributed by atoms with Crippen molar-refractivity contribution in [3.63, 3.8) is 0 Å². The van der Waals surface area contributed by atoms with E-state index >= 15 is 0 Å². The van der Waals surface area contributed by atoms with Gasteiger partial charge in [-0.25, -0.2) is 8.42 Å². The van der Waals surface area contributed by atoms with Gasteiger partial charge in [0.05, 0.1) is 4.90 Å². The number of hydrogen-bond acceptors (Lipinski definition) is 3. The van der Waals surface area contributed by atoms with Crippen molar-refractivity contribution in [1.29, 1.82) is 0 Å². The first-order valence-electron chi connectivity index (χ1n) is 10.1. The van der Waals surface area contributed by atoms with Crippen molar-refractivity contribution in [2.75, 3.05) is 13.1 Å². The predicted molar refractivity (Wildman–Crippen MR) is 115 cm³/mol. The van der Waals surface area contributed by atoms with E-state index in [1.54, 1.807) is 12.1 Å². The summed E-state index contributed by atoms with van der Waals surface area (Å²) in [7, 11) is -3.45. The molecule has 0 bridgehead atoms. The Labute approximate surface area is 174 Å². The van der Waals surface area contributed by atoms with E-state index in [1.165, 1.54) is 4.31 Å². The van der Waals surface area contributed by atoms with Gasteiger partial charge in [0.1, 0.15) is 6.04 Å². The van der Waals surface area contributed by atoms with Gasteiger partial charge in [-0.15, -0.1) is 0 Å². The fraction of sp³-hybridized carbons (Fsp3) is 0.409. The van der Waals surface area contributed by atoms with Gasteiger partial charge in [0, 0.05) is 25.2 Å². The number of nitrogens with two attached hydrogens (primary N) is 1. The van der Waals surface area contributed by atoms with E-state index in [0.717, 1.165) is 11.1 Å². The van der Waals surface area contributed by atoms with Crippen LogP contribution in [-0.2, 0) is 21.4 Å². The molecule has 29 heavy (non-hydrogen) atoms. The maximum atomic E-state index is 12.6. The van der Waals surface area contributed by atoms with Crippen LogP contribution in [0.5, 0.6) is 0 Å². The molecule has 2 rings (SSSR count). The second-order valence-corrected chi connectivity index (χ2v) is 9.07. The molecule has 0 aliphatic heterocycles. The summed E-state index contributed by atoms with van der Waals surface area (Å²) in [5.74, 6) is -0.0264. The lowest BCUT2D eigenvalue weighted by molar-refractivity contribution is -0.710. The summed E-state index contributed by atoms with van der Waals surface area (Å²) in [6.45, 7) is 8.93. The molecule has 0 aliphatic carbocycles. The summed E-state index contributed by atoms with van der Waals surface area (Å²) in [6, 6.07) is 16.5. The molecule has 0 fully saturated rings. The standard InChI is InChI=1S/C22H31N3O3S/c1-5-25(6-2)29(27,28)21-14-12-20(13-15-21)17(3)24-18(4)22(26)23-16-19-10-8-7-9-11-19/h7-15,17-18,24H,5-6,16H2,1-4H3,(H,23,26)/p+1/t17-,18-/m1/s1. The minimum Gasteiger partial charge on any atom is -0.347 e. The van der Waals surface area contributed by atoms with Crippen LogP contribution in [0, 0.1) is 0 Å². The predicted octanol–water partition coefficient (Wildman–Crippen LogP) is 2.05.